The highest BCUT2D eigenvalue weighted by Gasteiger charge is 2.22. The van der Waals surface area contributed by atoms with E-state index in [1.54, 1.807) is 28.4 Å². The lowest BCUT2D eigenvalue weighted by Crippen LogP contribution is -2.29. The first kappa shape index (κ1) is 18.7. The molecule has 1 saturated heterocycles. The first-order valence-corrected chi connectivity index (χ1v) is 10.4. The molecule has 1 aliphatic heterocycles. The molecule has 2 amide bonds. The lowest BCUT2D eigenvalue weighted by Gasteiger charge is -2.19. The van der Waals surface area contributed by atoms with Gasteiger partial charge in [-0.3, -0.25) is 9.59 Å². The van der Waals surface area contributed by atoms with E-state index in [9.17, 15) is 9.59 Å². The predicted molar refractivity (Wildman–Crippen MR) is 113 cm³/mol. The fraction of sp³-hybridized carbons (Fsp3) is 0.182. The molecule has 4 rings (SSSR count). The fourth-order valence-electron chi connectivity index (χ4n) is 3.38. The van der Waals surface area contributed by atoms with Crippen molar-refractivity contribution < 1.29 is 9.59 Å². The number of thiophene rings is 1. The van der Waals surface area contributed by atoms with E-state index in [2.05, 4.69) is 5.32 Å². The van der Waals surface area contributed by atoms with Crippen LogP contribution in [0.1, 0.15) is 40.4 Å². The van der Waals surface area contributed by atoms with Gasteiger partial charge >= 0.3 is 0 Å². The molecular weight excluding hydrogens is 392 g/mol. The van der Waals surface area contributed by atoms with Gasteiger partial charge in [-0.2, -0.15) is 11.3 Å². The third-order valence-corrected chi connectivity index (χ3v) is 5.82. The summed E-state index contributed by atoms with van der Waals surface area (Å²) in [6, 6.07) is 16.4. The molecule has 1 aromatic heterocycles. The summed E-state index contributed by atoms with van der Waals surface area (Å²) >= 11 is 7.60. The number of benzene rings is 2. The van der Waals surface area contributed by atoms with Gasteiger partial charge in [0.1, 0.15) is 0 Å². The minimum Gasteiger partial charge on any atom is -0.341 e. The molecule has 0 radical (unpaired) electrons. The fourth-order valence-corrected chi connectivity index (χ4v) is 4.19. The first-order valence-electron chi connectivity index (χ1n) is 9.11. The van der Waals surface area contributed by atoms with Gasteiger partial charge in [0.2, 0.25) is 5.91 Å². The Morgan fingerprint density at radius 1 is 1.04 bits per heavy atom. The van der Waals surface area contributed by atoms with Crippen LogP contribution >= 0.6 is 22.9 Å². The van der Waals surface area contributed by atoms with E-state index in [-0.39, 0.29) is 17.9 Å². The largest absolute Gasteiger partial charge is 0.341 e. The Hall–Kier alpha value is -2.63. The molecule has 0 aliphatic carbocycles. The minimum atomic E-state index is -0.254. The highest BCUT2D eigenvalue weighted by molar-refractivity contribution is 7.08. The second-order valence-electron chi connectivity index (χ2n) is 6.71. The second-order valence-corrected chi connectivity index (χ2v) is 7.93. The van der Waals surface area contributed by atoms with E-state index in [0.29, 0.717) is 17.0 Å². The Bertz CT molecular complexity index is 969. The molecule has 1 atom stereocenters. The van der Waals surface area contributed by atoms with Gasteiger partial charge in [-0.05, 0) is 70.8 Å². The number of hydrogen-bond acceptors (Lipinski definition) is 3. The topological polar surface area (TPSA) is 49.4 Å². The summed E-state index contributed by atoms with van der Waals surface area (Å²) in [6.07, 6.45) is 1.47. The quantitative estimate of drug-likeness (QED) is 0.640. The monoisotopic (exact) mass is 410 g/mol. The molecule has 1 aliphatic rings. The third kappa shape index (κ3) is 3.96. The molecule has 142 valence electrons. The third-order valence-electron chi connectivity index (χ3n) is 4.87. The molecule has 0 bridgehead atoms. The van der Waals surface area contributed by atoms with Crippen molar-refractivity contribution in [1.29, 1.82) is 0 Å². The molecule has 1 unspecified atom stereocenters. The van der Waals surface area contributed by atoms with Crippen molar-refractivity contribution in [3.63, 3.8) is 0 Å². The molecule has 2 aromatic carbocycles. The molecule has 1 N–H and O–H groups in total. The average molecular weight is 411 g/mol. The number of nitrogens with zero attached hydrogens (tertiary/aromatic N) is 1. The SMILES string of the molecule is O=C(NC(c1ccc(Cl)cc1)c1ccsc1)c1ccc(N2CCCC2=O)cc1. The van der Waals surface area contributed by atoms with Crippen LogP contribution < -0.4 is 10.2 Å². The number of rotatable bonds is 5. The highest BCUT2D eigenvalue weighted by Crippen LogP contribution is 2.26. The van der Waals surface area contributed by atoms with Gasteiger partial charge in [-0.25, -0.2) is 0 Å². The lowest BCUT2D eigenvalue weighted by atomic mass is 10.0. The summed E-state index contributed by atoms with van der Waals surface area (Å²) in [7, 11) is 0. The number of amides is 2. The van der Waals surface area contributed by atoms with Crippen molar-refractivity contribution in [2.24, 2.45) is 0 Å². The van der Waals surface area contributed by atoms with E-state index >= 15 is 0 Å². The Labute approximate surface area is 172 Å². The molecule has 28 heavy (non-hydrogen) atoms. The van der Waals surface area contributed by atoms with Gasteiger partial charge < -0.3 is 10.2 Å². The zero-order chi connectivity index (χ0) is 19.5. The zero-order valence-electron chi connectivity index (χ0n) is 15.1. The minimum absolute atomic E-state index is 0.137. The Morgan fingerprint density at radius 3 is 2.39 bits per heavy atom. The second kappa shape index (κ2) is 8.17. The molecule has 6 heteroatoms. The maximum Gasteiger partial charge on any atom is 0.252 e. The van der Waals surface area contributed by atoms with Gasteiger partial charge in [0.05, 0.1) is 6.04 Å². The number of anilines is 1. The standard InChI is InChI=1S/C22H19ClN2O2S/c23-18-7-3-15(4-8-18)21(17-11-13-28-14-17)24-22(27)16-5-9-19(10-6-16)25-12-1-2-20(25)26/h3-11,13-14,21H,1-2,12H2,(H,24,27). The molecule has 0 spiro atoms. The molecule has 4 nitrogen and oxygen atoms in total. The van der Waals surface area contributed by atoms with Crippen LogP contribution in [0.2, 0.25) is 5.02 Å². The van der Waals surface area contributed by atoms with Crippen molar-refractivity contribution in [3.8, 4) is 0 Å². The Morgan fingerprint density at radius 2 is 1.79 bits per heavy atom. The summed E-state index contributed by atoms with van der Waals surface area (Å²) in [4.78, 5) is 26.5. The molecule has 3 aromatic rings. The maximum atomic E-state index is 12.9. The van der Waals surface area contributed by atoms with Crippen molar-refractivity contribution in [1.82, 2.24) is 5.32 Å². The van der Waals surface area contributed by atoms with E-state index in [1.807, 2.05) is 53.2 Å². The van der Waals surface area contributed by atoms with Crippen LogP contribution in [-0.2, 0) is 4.79 Å². The maximum absolute atomic E-state index is 12.9. The van der Waals surface area contributed by atoms with Crippen LogP contribution in [0.4, 0.5) is 5.69 Å². The number of carbonyl (C=O) groups is 2. The van der Waals surface area contributed by atoms with Crippen molar-refractivity contribution >= 4 is 40.4 Å². The average Bonchev–Trinajstić information content (AvgIpc) is 3.39. The number of halogens is 1. The van der Waals surface area contributed by atoms with Gasteiger partial charge in [0.25, 0.3) is 5.91 Å². The van der Waals surface area contributed by atoms with Crippen LogP contribution in [0, 0.1) is 0 Å². The van der Waals surface area contributed by atoms with E-state index < -0.39 is 0 Å². The summed E-state index contributed by atoms with van der Waals surface area (Å²) in [5.41, 5.74) is 3.39. The van der Waals surface area contributed by atoms with Crippen molar-refractivity contribution in [2.75, 3.05) is 11.4 Å². The molecule has 0 saturated carbocycles. The van der Waals surface area contributed by atoms with Gasteiger partial charge in [0, 0.05) is 29.2 Å². The van der Waals surface area contributed by atoms with Crippen LogP contribution in [0.25, 0.3) is 0 Å². The summed E-state index contributed by atoms with van der Waals surface area (Å²) in [5.74, 6) is -0.0251. The predicted octanol–water partition coefficient (Wildman–Crippen LogP) is 5.05. The zero-order valence-corrected chi connectivity index (χ0v) is 16.7. The summed E-state index contributed by atoms with van der Waals surface area (Å²) < 4.78 is 0. The first-order chi connectivity index (χ1) is 13.6. The number of nitrogens with one attached hydrogen (secondary N) is 1. The van der Waals surface area contributed by atoms with Gasteiger partial charge in [-0.15, -0.1) is 0 Å². The van der Waals surface area contributed by atoms with Crippen molar-refractivity contribution in [3.05, 3.63) is 87.1 Å². The smallest absolute Gasteiger partial charge is 0.252 e. The van der Waals surface area contributed by atoms with Gasteiger partial charge in [0.15, 0.2) is 0 Å². The molecular formula is C22H19ClN2O2S. The van der Waals surface area contributed by atoms with Crippen LogP contribution in [-0.4, -0.2) is 18.4 Å². The van der Waals surface area contributed by atoms with E-state index in [0.717, 1.165) is 29.8 Å². The van der Waals surface area contributed by atoms with Gasteiger partial charge in [-0.1, -0.05) is 23.7 Å². The van der Waals surface area contributed by atoms with Crippen LogP contribution in [0.3, 0.4) is 0 Å². The molecule has 2 heterocycles. The highest BCUT2D eigenvalue weighted by atomic mass is 35.5. The Balaban J connectivity index is 1.54. The van der Waals surface area contributed by atoms with E-state index in [4.69, 9.17) is 11.6 Å². The summed E-state index contributed by atoms with van der Waals surface area (Å²) in [6.45, 7) is 0.737. The normalized spacial score (nSPS) is 14.9. The number of carbonyl (C=O) groups excluding carboxylic acids is 2. The lowest BCUT2D eigenvalue weighted by molar-refractivity contribution is -0.117. The number of hydrogen-bond donors (Lipinski definition) is 1. The van der Waals surface area contributed by atoms with Crippen molar-refractivity contribution in [2.45, 2.75) is 18.9 Å². The Kier molecular flexibility index (Phi) is 5.46. The van der Waals surface area contributed by atoms with E-state index in [1.165, 1.54) is 0 Å². The van der Waals surface area contributed by atoms with Crippen LogP contribution in [0.15, 0.2) is 65.4 Å². The summed E-state index contributed by atoms with van der Waals surface area (Å²) in [5, 5.41) is 7.79. The van der Waals surface area contributed by atoms with Crippen LogP contribution in [0.5, 0.6) is 0 Å². The molecule has 1 fully saturated rings.